The van der Waals surface area contributed by atoms with E-state index in [0.717, 1.165) is 11.1 Å². The highest BCUT2D eigenvalue weighted by Gasteiger charge is 2.25. The van der Waals surface area contributed by atoms with Gasteiger partial charge >= 0.3 is 0 Å². The maximum Gasteiger partial charge on any atom is 0.168 e. The third-order valence-electron chi connectivity index (χ3n) is 4.42. The molecule has 128 valence electrons. The Bertz CT molecular complexity index is 199. The Kier molecular flexibility index (Phi) is 14.3. The number of hydrogen-bond acceptors (Lipinski definition) is 1. The van der Waals surface area contributed by atoms with Gasteiger partial charge in [0.05, 0.1) is 0 Å². The van der Waals surface area contributed by atoms with Gasteiger partial charge in [0, 0.05) is 0 Å². The summed E-state index contributed by atoms with van der Waals surface area (Å²) >= 11 is 0. The second-order valence-electron chi connectivity index (χ2n) is 7.41. The van der Waals surface area contributed by atoms with Crippen molar-refractivity contribution in [2.24, 2.45) is 0 Å². The third kappa shape index (κ3) is 11.6. The molecule has 0 radical (unpaired) electrons. The highest BCUT2D eigenvalue weighted by molar-refractivity contribution is 6.67. The van der Waals surface area contributed by atoms with Crippen LogP contribution >= 0.6 is 0 Å². The van der Waals surface area contributed by atoms with Gasteiger partial charge in [-0.25, -0.2) is 0 Å². The molecule has 0 aliphatic rings. The quantitative estimate of drug-likeness (QED) is 0.263. The first-order valence-electron chi connectivity index (χ1n) is 9.68. The SMILES string of the molecule is CCCCCC[SiH](CCCCCC)O[SiH](C(C)C)C(C)C. The Hall–Kier alpha value is 0.394. The number of hydrogen-bond donors (Lipinski definition) is 0. The number of unbranched alkanes of at least 4 members (excludes halogenated alkanes) is 6. The van der Waals surface area contributed by atoms with Crippen molar-refractivity contribution in [3.63, 3.8) is 0 Å². The summed E-state index contributed by atoms with van der Waals surface area (Å²) in [6.07, 6.45) is 11.2. The van der Waals surface area contributed by atoms with Crippen LogP contribution in [0.1, 0.15) is 92.9 Å². The molecular weight excluding hydrogens is 288 g/mol. The molecule has 0 atom stereocenters. The van der Waals surface area contributed by atoms with Crippen molar-refractivity contribution >= 4 is 18.1 Å². The zero-order valence-electron chi connectivity index (χ0n) is 15.8. The zero-order chi connectivity index (χ0) is 16.1. The molecule has 0 aromatic carbocycles. The third-order valence-corrected chi connectivity index (χ3v) is 12.0. The first-order chi connectivity index (χ1) is 10.0. The molecule has 0 amide bonds. The van der Waals surface area contributed by atoms with Crippen LogP contribution in [0.4, 0.5) is 0 Å². The highest BCUT2D eigenvalue weighted by Crippen LogP contribution is 2.25. The minimum absolute atomic E-state index is 0.797. The predicted molar refractivity (Wildman–Crippen MR) is 103 cm³/mol. The van der Waals surface area contributed by atoms with E-state index < -0.39 is 18.1 Å². The molecule has 0 aliphatic carbocycles. The molecule has 0 aromatic heterocycles. The van der Waals surface area contributed by atoms with Crippen molar-refractivity contribution in [1.82, 2.24) is 0 Å². The van der Waals surface area contributed by atoms with Gasteiger partial charge in [0.1, 0.15) is 0 Å². The van der Waals surface area contributed by atoms with Gasteiger partial charge in [0.25, 0.3) is 0 Å². The lowest BCUT2D eigenvalue weighted by Crippen LogP contribution is -2.33. The fourth-order valence-corrected chi connectivity index (χ4v) is 11.9. The summed E-state index contributed by atoms with van der Waals surface area (Å²) in [6, 6.07) is 2.88. The van der Waals surface area contributed by atoms with E-state index in [2.05, 4.69) is 41.5 Å². The van der Waals surface area contributed by atoms with Crippen molar-refractivity contribution in [1.29, 1.82) is 0 Å². The van der Waals surface area contributed by atoms with Crippen LogP contribution in [-0.2, 0) is 4.12 Å². The average molecular weight is 331 g/mol. The minimum atomic E-state index is -0.994. The average Bonchev–Trinajstić information content (AvgIpc) is 2.43. The Morgan fingerprint density at radius 3 is 1.43 bits per heavy atom. The minimum Gasteiger partial charge on any atom is -0.459 e. The summed E-state index contributed by atoms with van der Waals surface area (Å²) < 4.78 is 6.81. The first kappa shape index (κ1) is 21.4. The van der Waals surface area contributed by atoms with Gasteiger partial charge in [0.2, 0.25) is 0 Å². The van der Waals surface area contributed by atoms with Gasteiger partial charge in [-0.15, -0.1) is 0 Å². The van der Waals surface area contributed by atoms with Crippen LogP contribution in [-0.4, -0.2) is 18.1 Å². The van der Waals surface area contributed by atoms with Crippen LogP contribution in [0.2, 0.25) is 23.2 Å². The van der Waals surface area contributed by atoms with Crippen molar-refractivity contribution in [2.75, 3.05) is 0 Å². The molecule has 3 heteroatoms. The zero-order valence-corrected chi connectivity index (χ0v) is 18.1. The lowest BCUT2D eigenvalue weighted by molar-refractivity contribution is 0.528. The van der Waals surface area contributed by atoms with E-state index in [9.17, 15) is 0 Å². The Morgan fingerprint density at radius 2 is 1.10 bits per heavy atom. The van der Waals surface area contributed by atoms with E-state index in [0.29, 0.717) is 0 Å². The second-order valence-corrected chi connectivity index (χ2v) is 14.5. The summed E-state index contributed by atoms with van der Waals surface area (Å²) in [4.78, 5) is 0. The van der Waals surface area contributed by atoms with Gasteiger partial charge in [-0.1, -0.05) is 92.9 Å². The van der Waals surface area contributed by atoms with Crippen LogP contribution < -0.4 is 0 Å². The Morgan fingerprint density at radius 1 is 0.667 bits per heavy atom. The maximum absolute atomic E-state index is 6.81. The summed E-state index contributed by atoms with van der Waals surface area (Å²) in [7, 11) is -1.92. The smallest absolute Gasteiger partial charge is 0.168 e. The van der Waals surface area contributed by atoms with E-state index in [4.69, 9.17) is 4.12 Å². The fourth-order valence-electron chi connectivity index (χ4n) is 3.18. The van der Waals surface area contributed by atoms with E-state index in [1.807, 2.05) is 0 Å². The van der Waals surface area contributed by atoms with Crippen LogP contribution in [0.3, 0.4) is 0 Å². The van der Waals surface area contributed by atoms with Gasteiger partial charge in [0.15, 0.2) is 18.1 Å². The molecule has 0 fully saturated rings. The molecule has 0 N–H and O–H groups in total. The standard InChI is InChI=1S/C18H42OSi2/c1-7-9-11-13-15-20(16-14-12-10-8-2)19-21(17(3)4)18(5)6/h17-18,20-21H,7-16H2,1-6H3. The van der Waals surface area contributed by atoms with Crippen LogP contribution in [0.15, 0.2) is 0 Å². The van der Waals surface area contributed by atoms with Gasteiger partial charge < -0.3 is 4.12 Å². The lowest BCUT2D eigenvalue weighted by atomic mass is 10.2. The van der Waals surface area contributed by atoms with Crippen LogP contribution in [0, 0.1) is 0 Å². The summed E-state index contributed by atoms with van der Waals surface area (Å²) in [5.41, 5.74) is 1.59. The molecule has 0 rings (SSSR count). The molecule has 0 heterocycles. The predicted octanol–water partition coefficient (Wildman–Crippen LogP) is 6.43. The van der Waals surface area contributed by atoms with Gasteiger partial charge in [-0.2, -0.15) is 0 Å². The fraction of sp³-hybridized carbons (Fsp3) is 1.00. The normalized spacial score (nSPS) is 12.3. The van der Waals surface area contributed by atoms with Gasteiger partial charge in [-0.3, -0.25) is 0 Å². The van der Waals surface area contributed by atoms with Crippen LogP contribution in [0.5, 0.6) is 0 Å². The highest BCUT2D eigenvalue weighted by atomic mass is 28.4. The monoisotopic (exact) mass is 330 g/mol. The molecule has 0 aliphatic heterocycles. The van der Waals surface area contributed by atoms with Crippen LogP contribution in [0.25, 0.3) is 0 Å². The molecule has 1 nitrogen and oxygen atoms in total. The summed E-state index contributed by atoms with van der Waals surface area (Å²) in [6.45, 7) is 14.1. The van der Waals surface area contributed by atoms with E-state index in [1.54, 1.807) is 0 Å². The molecule has 0 saturated carbocycles. The Labute approximate surface area is 138 Å². The van der Waals surface area contributed by atoms with Crippen molar-refractivity contribution in [2.45, 2.75) is 116 Å². The maximum atomic E-state index is 6.81. The number of rotatable bonds is 14. The first-order valence-corrected chi connectivity index (χ1v) is 13.6. The summed E-state index contributed by atoms with van der Waals surface area (Å²) in [5, 5.41) is 0. The molecular formula is C18H42OSi2. The molecule has 0 spiro atoms. The van der Waals surface area contributed by atoms with Gasteiger partial charge in [-0.05, 0) is 23.2 Å². The van der Waals surface area contributed by atoms with E-state index in [1.165, 1.54) is 63.5 Å². The second kappa shape index (κ2) is 14.0. The lowest BCUT2D eigenvalue weighted by Gasteiger charge is -2.29. The van der Waals surface area contributed by atoms with Crippen molar-refractivity contribution in [3.05, 3.63) is 0 Å². The molecule has 0 saturated heterocycles. The van der Waals surface area contributed by atoms with E-state index in [-0.39, 0.29) is 0 Å². The molecule has 0 bridgehead atoms. The molecule has 21 heavy (non-hydrogen) atoms. The molecule has 0 unspecified atom stereocenters. The van der Waals surface area contributed by atoms with Crippen molar-refractivity contribution < 1.29 is 4.12 Å². The topological polar surface area (TPSA) is 9.23 Å². The summed E-state index contributed by atoms with van der Waals surface area (Å²) in [5.74, 6) is 0. The van der Waals surface area contributed by atoms with E-state index >= 15 is 0 Å². The van der Waals surface area contributed by atoms with Crippen molar-refractivity contribution in [3.8, 4) is 0 Å². The Balaban J connectivity index is 4.26. The molecule has 0 aromatic rings. The largest absolute Gasteiger partial charge is 0.459 e.